The molecule has 0 aliphatic rings. The molecule has 0 spiro atoms. The van der Waals surface area contributed by atoms with Crippen molar-refractivity contribution in [3.05, 3.63) is 70.3 Å². The number of nitrogens with zero attached hydrogens (tertiary/aromatic N) is 3. The number of hydrogen-bond acceptors (Lipinski definition) is 7. The van der Waals surface area contributed by atoms with Crippen LogP contribution in [0.2, 0.25) is 0 Å². The number of nitrogens with one attached hydrogen (secondary N) is 2. The lowest BCUT2D eigenvalue weighted by atomic mass is 10.1. The first-order valence-electron chi connectivity index (χ1n) is 8.52. The first-order chi connectivity index (χ1) is 13.2. The van der Waals surface area contributed by atoms with E-state index in [0.29, 0.717) is 22.5 Å². The van der Waals surface area contributed by atoms with Crippen LogP contribution >= 0.6 is 23.1 Å². The van der Waals surface area contributed by atoms with E-state index < -0.39 is 0 Å². The van der Waals surface area contributed by atoms with E-state index in [4.69, 9.17) is 0 Å². The predicted octanol–water partition coefficient (Wildman–Crippen LogP) is 4.37. The minimum Gasteiger partial charge on any atom is -0.330 e. The molecule has 6 nitrogen and oxygen atoms in total. The second-order valence-electron chi connectivity index (χ2n) is 5.83. The molecule has 4 aromatic rings. The molecule has 0 radical (unpaired) electrons. The molecule has 0 aliphatic carbocycles. The van der Waals surface area contributed by atoms with E-state index in [9.17, 15) is 4.79 Å². The molecule has 0 bridgehead atoms. The Morgan fingerprint density at radius 2 is 1.93 bits per heavy atom. The average molecular weight is 396 g/mol. The predicted molar refractivity (Wildman–Crippen MR) is 111 cm³/mol. The van der Waals surface area contributed by atoms with Gasteiger partial charge in [0, 0.05) is 5.69 Å². The largest absolute Gasteiger partial charge is 0.330 e. The highest BCUT2D eigenvalue weighted by molar-refractivity contribution is 8.00. The molecule has 0 saturated heterocycles. The number of H-pyrrole nitrogens is 1. The van der Waals surface area contributed by atoms with Crippen LogP contribution in [0.4, 0.5) is 10.8 Å². The minimum atomic E-state index is -0.119. The van der Waals surface area contributed by atoms with Crippen LogP contribution in [0.15, 0.2) is 57.7 Å². The van der Waals surface area contributed by atoms with E-state index in [1.54, 1.807) is 6.07 Å². The summed E-state index contributed by atoms with van der Waals surface area (Å²) in [7, 11) is 0. The van der Waals surface area contributed by atoms with Crippen molar-refractivity contribution in [1.82, 2.24) is 20.2 Å². The molecule has 0 fully saturated rings. The van der Waals surface area contributed by atoms with Crippen molar-refractivity contribution in [3.63, 3.8) is 0 Å². The smallest absolute Gasteiger partial charge is 0.258 e. The summed E-state index contributed by atoms with van der Waals surface area (Å²) in [6, 6.07) is 15.5. The Labute approximate surface area is 164 Å². The fourth-order valence-electron chi connectivity index (χ4n) is 2.72. The van der Waals surface area contributed by atoms with Crippen molar-refractivity contribution >= 4 is 44.8 Å². The average Bonchev–Trinajstić information content (AvgIpc) is 3.14. The summed E-state index contributed by atoms with van der Waals surface area (Å²) in [5, 5.41) is 13.1. The Bertz CT molecular complexity index is 1140. The summed E-state index contributed by atoms with van der Waals surface area (Å²) in [6.07, 6.45) is 0.949. The van der Waals surface area contributed by atoms with Crippen molar-refractivity contribution in [2.24, 2.45) is 0 Å². The summed E-state index contributed by atoms with van der Waals surface area (Å²) >= 11 is 2.99. The lowest BCUT2D eigenvalue weighted by Crippen LogP contribution is -2.11. The normalized spacial score (nSPS) is 11.0. The molecule has 0 amide bonds. The number of anilines is 2. The highest BCUT2D eigenvalue weighted by atomic mass is 32.2. The fourth-order valence-corrected chi connectivity index (χ4v) is 4.35. The number of thioether (sulfide) groups is 1. The van der Waals surface area contributed by atoms with Crippen LogP contribution < -0.4 is 10.9 Å². The third-order valence-corrected chi connectivity index (χ3v) is 6.02. The SMILES string of the molecule is CCc1ccccc1Nc1nnc(SCc2nc3ccccc3c(=O)[nH]2)s1. The number of rotatable bonds is 6. The highest BCUT2D eigenvalue weighted by Crippen LogP contribution is 2.30. The number of aryl methyl sites for hydroxylation is 1. The zero-order valence-corrected chi connectivity index (χ0v) is 16.2. The van der Waals surface area contributed by atoms with Gasteiger partial charge in [-0.1, -0.05) is 60.4 Å². The van der Waals surface area contributed by atoms with Gasteiger partial charge < -0.3 is 10.3 Å². The van der Waals surface area contributed by atoms with Gasteiger partial charge in [-0.05, 0) is 30.2 Å². The lowest BCUT2D eigenvalue weighted by molar-refractivity contribution is 1.00. The van der Waals surface area contributed by atoms with Gasteiger partial charge in [0.1, 0.15) is 5.82 Å². The minimum absolute atomic E-state index is 0.119. The first kappa shape index (κ1) is 17.7. The number of aromatic amines is 1. The molecule has 136 valence electrons. The highest BCUT2D eigenvalue weighted by Gasteiger charge is 2.09. The second-order valence-corrected chi connectivity index (χ2v) is 8.03. The van der Waals surface area contributed by atoms with Crippen LogP contribution in [0.25, 0.3) is 10.9 Å². The third kappa shape index (κ3) is 4.01. The molecule has 2 heterocycles. The van der Waals surface area contributed by atoms with E-state index in [1.165, 1.54) is 28.7 Å². The molecule has 0 saturated carbocycles. The van der Waals surface area contributed by atoms with Crippen molar-refractivity contribution in [3.8, 4) is 0 Å². The van der Waals surface area contributed by atoms with E-state index >= 15 is 0 Å². The summed E-state index contributed by atoms with van der Waals surface area (Å²) < 4.78 is 0.822. The Balaban J connectivity index is 1.46. The Hall–Kier alpha value is -2.71. The maximum atomic E-state index is 12.1. The monoisotopic (exact) mass is 395 g/mol. The zero-order valence-electron chi connectivity index (χ0n) is 14.6. The van der Waals surface area contributed by atoms with Crippen LogP contribution in [0.1, 0.15) is 18.3 Å². The van der Waals surface area contributed by atoms with Gasteiger partial charge in [-0.2, -0.15) is 0 Å². The number of fused-ring (bicyclic) bond motifs is 1. The van der Waals surface area contributed by atoms with E-state index in [1.807, 2.05) is 36.4 Å². The molecule has 2 N–H and O–H groups in total. The molecule has 27 heavy (non-hydrogen) atoms. The van der Waals surface area contributed by atoms with Gasteiger partial charge in [0.25, 0.3) is 5.56 Å². The molecular weight excluding hydrogens is 378 g/mol. The molecule has 4 rings (SSSR count). The number of hydrogen-bond donors (Lipinski definition) is 2. The van der Waals surface area contributed by atoms with Crippen LogP contribution in [-0.2, 0) is 12.2 Å². The van der Waals surface area contributed by atoms with Crippen molar-refractivity contribution in [2.45, 2.75) is 23.4 Å². The van der Waals surface area contributed by atoms with Gasteiger partial charge in [-0.3, -0.25) is 4.79 Å². The summed E-state index contributed by atoms with van der Waals surface area (Å²) in [5.41, 5.74) is 2.87. The summed E-state index contributed by atoms with van der Waals surface area (Å²) in [6.45, 7) is 2.12. The van der Waals surface area contributed by atoms with Crippen molar-refractivity contribution in [2.75, 3.05) is 5.32 Å². The molecule has 0 atom stereocenters. The zero-order chi connectivity index (χ0) is 18.6. The van der Waals surface area contributed by atoms with Crippen molar-refractivity contribution in [1.29, 1.82) is 0 Å². The third-order valence-electron chi connectivity index (χ3n) is 4.04. The van der Waals surface area contributed by atoms with Crippen LogP contribution in [-0.4, -0.2) is 20.2 Å². The molecular formula is C19H17N5OS2. The van der Waals surface area contributed by atoms with Crippen LogP contribution in [0, 0.1) is 0 Å². The van der Waals surface area contributed by atoms with Gasteiger partial charge in [0.15, 0.2) is 4.34 Å². The first-order valence-corrected chi connectivity index (χ1v) is 10.3. The second kappa shape index (κ2) is 7.89. The standard InChI is InChI=1S/C19H17N5OS2/c1-2-12-7-3-5-9-14(12)21-18-23-24-19(27-18)26-11-16-20-15-10-6-4-8-13(15)17(25)22-16/h3-10H,2,11H2,1H3,(H,21,23)(H,20,22,25). The van der Waals surface area contributed by atoms with Gasteiger partial charge in [0.05, 0.1) is 16.7 Å². The Kier molecular flexibility index (Phi) is 5.17. The maximum Gasteiger partial charge on any atom is 0.258 e. The Morgan fingerprint density at radius 1 is 1.11 bits per heavy atom. The number of para-hydroxylation sites is 2. The topological polar surface area (TPSA) is 83.6 Å². The van der Waals surface area contributed by atoms with Crippen LogP contribution in [0.5, 0.6) is 0 Å². The number of benzene rings is 2. The number of aromatic nitrogens is 4. The van der Waals surface area contributed by atoms with Gasteiger partial charge in [-0.25, -0.2) is 4.98 Å². The van der Waals surface area contributed by atoms with Gasteiger partial charge in [0.2, 0.25) is 5.13 Å². The quantitative estimate of drug-likeness (QED) is 0.472. The fraction of sp³-hybridized carbons (Fsp3) is 0.158. The summed E-state index contributed by atoms with van der Waals surface area (Å²) in [4.78, 5) is 19.5. The van der Waals surface area contributed by atoms with Gasteiger partial charge >= 0.3 is 0 Å². The van der Waals surface area contributed by atoms with E-state index in [0.717, 1.165) is 21.6 Å². The maximum absolute atomic E-state index is 12.1. The lowest BCUT2D eigenvalue weighted by Gasteiger charge is -2.07. The van der Waals surface area contributed by atoms with Crippen LogP contribution in [0.3, 0.4) is 0 Å². The van der Waals surface area contributed by atoms with Gasteiger partial charge in [-0.15, -0.1) is 10.2 Å². The molecule has 0 unspecified atom stereocenters. The van der Waals surface area contributed by atoms with E-state index in [2.05, 4.69) is 38.5 Å². The molecule has 2 aromatic heterocycles. The Morgan fingerprint density at radius 3 is 2.81 bits per heavy atom. The molecule has 0 aliphatic heterocycles. The summed E-state index contributed by atoms with van der Waals surface area (Å²) in [5.74, 6) is 1.16. The molecule has 8 heteroatoms. The van der Waals surface area contributed by atoms with Crippen molar-refractivity contribution < 1.29 is 0 Å². The van der Waals surface area contributed by atoms with E-state index in [-0.39, 0.29) is 5.56 Å². The molecule has 2 aromatic carbocycles.